The standard InChI is InChI=1S/C23H23FN2O3/c1-28-21-10-12-22(13-11-21)29-15-14-25-19-6-8-20(9-7-19)26-23(27)16-17-2-4-18(24)5-3-17/h2-13,25H,14-16H2,1H3,(H,26,27). The maximum atomic E-state index is 12.9. The third kappa shape index (κ3) is 6.53. The molecule has 0 saturated heterocycles. The van der Waals surface area contributed by atoms with E-state index in [4.69, 9.17) is 9.47 Å². The molecule has 0 unspecified atom stereocenters. The number of methoxy groups -OCH3 is 1. The van der Waals surface area contributed by atoms with Crippen molar-refractivity contribution in [3.63, 3.8) is 0 Å². The first kappa shape index (κ1) is 20.2. The smallest absolute Gasteiger partial charge is 0.228 e. The van der Waals surface area contributed by atoms with Crippen LogP contribution in [0.4, 0.5) is 15.8 Å². The van der Waals surface area contributed by atoms with Crippen molar-refractivity contribution in [3.8, 4) is 11.5 Å². The second-order valence-corrected chi connectivity index (χ2v) is 6.38. The summed E-state index contributed by atoms with van der Waals surface area (Å²) in [5.41, 5.74) is 2.40. The Morgan fingerprint density at radius 2 is 1.48 bits per heavy atom. The molecule has 0 aliphatic rings. The van der Waals surface area contributed by atoms with E-state index >= 15 is 0 Å². The van der Waals surface area contributed by atoms with Crippen molar-refractivity contribution in [1.82, 2.24) is 0 Å². The fourth-order valence-electron chi connectivity index (χ4n) is 2.70. The Hall–Kier alpha value is -3.54. The van der Waals surface area contributed by atoms with Gasteiger partial charge in [0.25, 0.3) is 0 Å². The molecule has 6 heteroatoms. The minimum atomic E-state index is -0.313. The first-order chi connectivity index (χ1) is 14.1. The number of benzene rings is 3. The zero-order valence-electron chi connectivity index (χ0n) is 16.2. The second-order valence-electron chi connectivity index (χ2n) is 6.38. The van der Waals surface area contributed by atoms with Gasteiger partial charge in [0.2, 0.25) is 5.91 Å². The first-order valence-electron chi connectivity index (χ1n) is 9.27. The van der Waals surface area contributed by atoms with E-state index in [1.165, 1.54) is 12.1 Å². The number of halogens is 1. The number of nitrogens with one attached hydrogen (secondary N) is 2. The third-order valence-corrected chi connectivity index (χ3v) is 4.21. The van der Waals surface area contributed by atoms with Crippen LogP contribution in [0.15, 0.2) is 72.8 Å². The summed E-state index contributed by atoms with van der Waals surface area (Å²) in [5, 5.41) is 6.10. The van der Waals surface area contributed by atoms with Crippen molar-refractivity contribution in [2.75, 3.05) is 30.9 Å². The van der Waals surface area contributed by atoms with Crippen LogP contribution in [0.25, 0.3) is 0 Å². The lowest BCUT2D eigenvalue weighted by Gasteiger charge is -2.10. The molecular formula is C23H23FN2O3. The van der Waals surface area contributed by atoms with E-state index in [1.54, 1.807) is 19.2 Å². The van der Waals surface area contributed by atoms with Crippen molar-refractivity contribution < 1.29 is 18.7 Å². The monoisotopic (exact) mass is 394 g/mol. The van der Waals surface area contributed by atoms with E-state index in [0.29, 0.717) is 18.8 Å². The molecule has 1 amide bonds. The zero-order chi connectivity index (χ0) is 20.5. The number of carbonyl (C=O) groups excluding carboxylic acids is 1. The summed E-state index contributed by atoms with van der Waals surface area (Å²) >= 11 is 0. The van der Waals surface area contributed by atoms with Gasteiger partial charge in [0.05, 0.1) is 13.5 Å². The van der Waals surface area contributed by atoms with E-state index in [2.05, 4.69) is 10.6 Å². The highest BCUT2D eigenvalue weighted by molar-refractivity contribution is 5.92. The molecule has 2 N–H and O–H groups in total. The van der Waals surface area contributed by atoms with Crippen LogP contribution in [0, 0.1) is 5.82 Å². The summed E-state index contributed by atoms with van der Waals surface area (Å²) in [6.45, 7) is 1.16. The van der Waals surface area contributed by atoms with Gasteiger partial charge < -0.3 is 20.1 Å². The van der Waals surface area contributed by atoms with Gasteiger partial charge in [0.15, 0.2) is 0 Å². The molecule has 0 bridgehead atoms. The number of hydrogen-bond donors (Lipinski definition) is 2. The highest BCUT2D eigenvalue weighted by atomic mass is 19.1. The Balaban J connectivity index is 1.40. The minimum absolute atomic E-state index is 0.148. The van der Waals surface area contributed by atoms with E-state index in [-0.39, 0.29) is 18.1 Å². The molecule has 5 nitrogen and oxygen atoms in total. The maximum Gasteiger partial charge on any atom is 0.228 e. The van der Waals surface area contributed by atoms with Gasteiger partial charge in [-0.15, -0.1) is 0 Å². The van der Waals surface area contributed by atoms with Gasteiger partial charge in [-0.05, 0) is 66.2 Å². The van der Waals surface area contributed by atoms with Gasteiger partial charge in [0, 0.05) is 17.9 Å². The molecule has 3 aromatic rings. The van der Waals surface area contributed by atoms with Crippen molar-refractivity contribution in [3.05, 3.63) is 84.2 Å². The summed E-state index contributed by atoms with van der Waals surface area (Å²) in [4.78, 5) is 12.1. The van der Waals surface area contributed by atoms with Crippen molar-refractivity contribution in [1.29, 1.82) is 0 Å². The SMILES string of the molecule is COc1ccc(OCCNc2ccc(NC(=O)Cc3ccc(F)cc3)cc2)cc1. The van der Waals surface area contributed by atoms with Crippen LogP contribution in [-0.4, -0.2) is 26.2 Å². The summed E-state index contributed by atoms with van der Waals surface area (Å²) in [5.74, 6) is 1.11. The summed E-state index contributed by atoms with van der Waals surface area (Å²) in [6, 6.07) is 20.8. The van der Waals surface area contributed by atoms with Crippen molar-refractivity contribution >= 4 is 17.3 Å². The number of rotatable bonds is 9. The molecule has 0 aliphatic carbocycles. The van der Waals surface area contributed by atoms with Crippen LogP contribution >= 0.6 is 0 Å². The fraction of sp³-hybridized carbons (Fsp3) is 0.174. The molecule has 0 aliphatic heterocycles. The maximum absolute atomic E-state index is 12.9. The summed E-state index contributed by atoms with van der Waals surface area (Å²) < 4.78 is 23.7. The fourth-order valence-corrected chi connectivity index (χ4v) is 2.70. The lowest BCUT2D eigenvalue weighted by atomic mass is 10.1. The van der Waals surface area contributed by atoms with Gasteiger partial charge >= 0.3 is 0 Å². The van der Waals surface area contributed by atoms with Gasteiger partial charge in [-0.25, -0.2) is 4.39 Å². The molecule has 0 heterocycles. The third-order valence-electron chi connectivity index (χ3n) is 4.21. The number of amides is 1. The Bertz CT molecular complexity index is 910. The molecule has 0 atom stereocenters. The lowest BCUT2D eigenvalue weighted by Crippen LogP contribution is -2.14. The van der Waals surface area contributed by atoms with Crippen molar-refractivity contribution in [2.45, 2.75) is 6.42 Å². The largest absolute Gasteiger partial charge is 0.497 e. The molecule has 0 spiro atoms. The van der Waals surface area contributed by atoms with E-state index in [1.807, 2.05) is 48.5 Å². The van der Waals surface area contributed by atoms with Crippen LogP contribution in [0.1, 0.15) is 5.56 Å². The Kier molecular flexibility index (Phi) is 7.05. The van der Waals surface area contributed by atoms with E-state index < -0.39 is 0 Å². The van der Waals surface area contributed by atoms with Gasteiger partial charge in [0.1, 0.15) is 23.9 Å². The van der Waals surface area contributed by atoms with Crippen LogP contribution in [0.5, 0.6) is 11.5 Å². The van der Waals surface area contributed by atoms with Crippen LogP contribution in [0.3, 0.4) is 0 Å². The zero-order valence-corrected chi connectivity index (χ0v) is 16.2. The van der Waals surface area contributed by atoms with Crippen molar-refractivity contribution in [2.24, 2.45) is 0 Å². The molecule has 0 fully saturated rings. The topological polar surface area (TPSA) is 59.6 Å². The number of hydrogen-bond acceptors (Lipinski definition) is 4. The highest BCUT2D eigenvalue weighted by Crippen LogP contribution is 2.17. The van der Waals surface area contributed by atoms with Gasteiger partial charge in [-0.2, -0.15) is 0 Å². The predicted octanol–water partition coefficient (Wildman–Crippen LogP) is 4.51. The molecular weight excluding hydrogens is 371 g/mol. The second kappa shape index (κ2) is 10.1. The van der Waals surface area contributed by atoms with Gasteiger partial charge in [-0.3, -0.25) is 4.79 Å². The summed E-state index contributed by atoms with van der Waals surface area (Å²) in [6.07, 6.45) is 0.197. The molecule has 150 valence electrons. The van der Waals surface area contributed by atoms with E-state index in [9.17, 15) is 9.18 Å². The molecule has 3 aromatic carbocycles. The molecule has 0 aromatic heterocycles. The minimum Gasteiger partial charge on any atom is -0.497 e. The first-order valence-corrected chi connectivity index (χ1v) is 9.27. The van der Waals surface area contributed by atoms with E-state index in [0.717, 1.165) is 22.7 Å². The van der Waals surface area contributed by atoms with Crippen LogP contribution < -0.4 is 20.1 Å². The number of anilines is 2. The Labute approximate surface area is 169 Å². The average Bonchev–Trinajstić information content (AvgIpc) is 2.74. The Morgan fingerprint density at radius 3 is 2.14 bits per heavy atom. The summed E-state index contributed by atoms with van der Waals surface area (Å²) in [7, 11) is 1.63. The Morgan fingerprint density at radius 1 is 0.862 bits per heavy atom. The predicted molar refractivity (Wildman–Crippen MR) is 112 cm³/mol. The normalized spacial score (nSPS) is 10.3. The van der Waals surface area contributed by atoms with Crippen LogP contribution in [-0.2, 0) is 11.2 Å². The van der Waals surface area contributed by atoms with Crippen LogP contribution in [0.2, 0.25) is 0 Å². The molecule has 29 heavy (non-hydrogen) atoms. The molecule has 0 radical (unpaired) electrons. The molecule has 0 saturated carbocycles. The highest BCUT2D eigenvalue weighted by Gasteiger charge is 2.05. The molecule has 3 rings (SSSR count). The lowest BCUT2D eigenvalue weighted by molar-refractivity contribution is -0.115. The van der Waals surface area contributed by atoms with Gasteiger partial charge in [-0.1, -0.05) is 12.1 Å². The quantitative estimate of drug-likeness (QED) is 0.525. The number of carbonyl (C=O) groups is 1. The number of ether oxygens (including phenoxy) is 2. The average molecular weight is 394 g/mol.